The van der Waals surface area contributed by atoms with E-state index in [9.17, 15) is 0 Å². The average Bonchev–Trinajstić information content (AvgIpc) is 3.16. The van der Waals surface area contributed by atoms with Gasteiger partial charge in [-0.3, -0.25) is 9.08 Å². The highest BCUT2D eigenvalue weighted by Gasteiger charge is 2.18. The Balaban J connectivity index is 1.38. The van der Waals surface area contributed by atoms with Crippen LogP contribution in [0.1, 0.15) is 43.5 Å². The quantitative estimate of drug-likeness (QED) is 0.687. The minimum absolute atomic E-state index is 0.276. The molecule has 0 aromatic carbocycles. The third-order valence-electron chi connectivity index (χ3n) is 4.67. The molecular formula is C16H20BrN5S. The van der Waals surface area contributed by atoms with Crippen LogP contribution < -0.4 is 5.32 Å². The van der Waals surface area contributed by atoms with Gasteiger partial charge in [0.05, 0.1) is 21.9 Å². The number of fused-ring (bicyclic) bond motifs is 1. The first-order valence-electron chi connectivity index (χ1n) is 8.06. The Morgan fingerprint density at radius 3 is 3.04 bits per heavy atom. The summed E-state index contributed by atoms with van der Waals surface area (Å²) in [6.07, 6.45) is 12.3. The van der Waals surface area contributed by atoms with Crippen molar-refractivity contribution in [3.8, 4) is 0 Å². The van der Waals surface area contributed by atoms with Crippen molar-refractivity contribution in [2.45, 2.75) is 45.3 Å². The molecule has 0 radical (unpaired) electrons. The van der Waals surface area contributed by atoms with Crippen molar-refractivity contribution in [2.75, 3.05) is 0 Å². The van der Waals surface area contributed by atoms with Crippen molar-refractivity contribution in [1.29, 1.82) is 0 Å². The summed E-state index contributed by atoms with van der Waals surface area (Å²) in [6.45, 7) is 4.05. The van der Waals surface area contributed by atoms with Crippen molar-refractivity contribution in [3.63, 3.8) is 0 Å². The summed E-state index contributed by atoms with van der Waals surface area (Å²) in [6, 6.07) is 0.276. The minimum atomic E-state index is 0.276. The van der Waals surface area contributed by atoms with Gasteiger partial charge < -0.3 is 5.32 Å². The Morgan fingerprint density at radius 2 is 2.26 bits per heavy atom. The molecule has 1 aliphatic carbocycles. The summed E-state index contributed by atoms with van der Waals surface area (Å²) in [5, 5.41) is 8.08. The van der Waals surface area contributed by atoms with E-state index in [2.05, 4.69) is 59.7 Å². The van der Waals surface area contributed by atoms with Gasteiger partial charge in [0, 0.05) is 37.1 Å². The van der Waals surface area contributed by atoms with Crippen molar-refractivity contribution in [3.05, 3.63) is 39.8 Å². The van der Waals surface area contributed by atoms with Crippen LogP contribution in [0.2, 0.25) is 0 Å². The number of thiazole rings is 1. The molecule has 1 atom stereocenters. The fourth-order valence-corrected chi connectivity index (χ4v) is 4.30. The molecule has 5 nitrogen and oxygen atoms in total. The normalized spacial score (nSPS) is 16.8. The molecule has 3 aromatic rings. The molecule has 23 heavy (non-hydrogen) atoms. The summed E-state index contributed by atoms with van der Waals surface area (Å²) < 4.78 is 5.34. The summed E-state index contributed by atoms with van der Waals surface area (Å²) in [4.78, 5) is 5.46. The summed E-state index contributed by atoms with van der Waals surface area (Å²) in [7, 11) is 0. The Kier molecular flexibility index (Phi) is 4.26. The van der Waals surface area contributed by atoms with E-state index in [0.29, 0.717) is 0 Å². The number of hydrogen-bond acceptors (Lipinski definition) is 4. The van der Waals surface area contributed by atoms with Gasteiger partial charge in [-0.25, -0.2) is 4.98 Å². The molecule has 0 bridgehead atoms. The molecule has 0 aliphatic heterocycles. The number of imidazole rings is 1. The van der Waals surface area contributed by atoms with Crippen molar-refractivity contribution in [1.82, 2.24) is 24.5 Å². The molecule has 122 valence electrons. The van der Waals surface area contributed by atoms with E-state index in [-0.39, 0.29) is 6.04 Å². The molecule has 3 heterocycles. The lowest BCUT2D eigenvalue weighted by Gasteiger charge is -2.24. The van der Waals surface area contributed by atoms with Crippen molar-refractivity contribution < 1.29 is 0 Å². The van der Waals surface area contributed by atoms with Crippen LogP contribution in [0.3, 0.4) is 0 Å². The zero-order valence-electron chi connectivity index (χ0n) is 13.1. The lowest BCUT2D eigenvalue weighted by Crippen LogP contribution is -2.19. The second-order valence-electron chi connectivity index (χ2n) is 6.33. The van der Waals surface area contributed by atoms with Gasteiger partial charge in [0.15, 0.2) is 4.96 Å². The van der Waals surface area contributed by atoms with Crippen LogP contribution in [0.4, 0.5) is 0 Å². The van der Waals surface area contributed by atoms with E-state index in [1.54, 1.807) is 11.3 Å². The second-order valence-corrected chi connectivity index (χ2v) is 8.72. The van der Waals surface area contributed by atoms with Crippen molar-refractivity contribution >= 4 is 32.2 Å². The molecule has 0 saturated heterocycles. The summed E-state index contributed by atoms with van der Waals surface area (Å²) in [5.74, 6) is 0.836. The average molecular weight is 394 g/mol. The number of nitrogens with zero attached hydrogens (tertiary/aromatic N) is 4. The third kappa shape index (κ3) is 3.22. The van der Waals surface area contributed by atoms with E-state index >= 15 is 0 Å². The van der Waals surface area contributed by atoms with Crippen LogP contribution in [0, 0.1) is 5.92 Å². The standard InChI is InChI=1S/C16H20BrN5S/c1-11(13-5-20-21(9-13)8-12-3-2-4-12)18-6-14-7-19-16-22(14)10-15(17)23-16/h5,7,9-12,18H,2-4,6,8H2,1H3. The number of halogens is 1. The first-order valence-corrected chi connectivity index (χ1v) is 9.67. The molecule has 0 spiro atoms. The monoisotopic (exact) mass is 393 g/mol. The predicted molar refractivity (Wildman–Crippen MR) is 95.6 cm³/mol. The van der Waals surface area contributed by atoms with E-state index < -0.39 is 0 Å². The fraction of sp³-hybridized carbons (Fsp3) is 0.500. The van der Waals surface area contributed by atoms with Gasteiger partial charge in [0.2, 0.25) is 0 Å². The largest absolute Gasteiger partial charge is 0.304 e. The summed E-state index contributed by atoms with van der Waals surface area (Å²) >= 11 is 5.16. The highest BCUT2D eigenvalue weighted by atomic mass is 79.9. The zero-order valence-corrected chi connectivity index (χ0v) is 15.5. The highest BCUT2D eigenvalue weighted by Crippen LogP contribution is 2.28. The van der Waals surface area contributed by atoms with Gasteiger partial charge in [0.1, 0.15) is 0 Å². The third-order valence-corrected chi connectivity index (χ3v) is 6.15. The Bertz CT molecular complexity index is 800. The van der Waals surface area contributed by atoms with Gasteiger partial charge in [0.25, 0.3) is 0 Å². The van der Waals surface area contributed by atoms with Crippen LogP contribution >= 0.6 is 27.3 Å². The Morgan fingerprint density at radius 1 is 1.39 bits per heavy atom. The lowest BCUT2D eigenvalue weighted by atomic mass is 9.85. The van der Waals surface area contributed by atoms with E-state index in [1.165, 1.54) is 30.5 Å². The summed E-state index contributed by atoms with van der Waals surface area (Å²) in [5.41, 5.74) is 2.42. The molecule has 1 aliphatic rings. The van der Waals surface area contributed by atoms with E-state index in [0.717, 1.165) is 27.8 Å². The molecular weight excluding hydrogens is 374 g/mol. The molecule has 1 saturated carbocycles. The van der Waals surface area contributed by atoms with Crippen molar-refractivity contribution in [2.24, 2.45) is 5.92 Å². The molecule has 3 aromatic heterocycles. The maximum Gasteiger partial charge on any atom is 0.194 e. The topological polar surface area (TPSA) is 47.1 Å². The van der Waals surface area contributed by atoms with Gasteiger partial charge in [-0.1, -0.05) is 17.8 Å². The minimum Gasteiger partial charge on any atom is -0.304 e. The fourth-order valence-electron chi connectivity index (χ4n) is 2.95. The number of rotatable bonds is 6. The van der Waals surface area contributed by atoms with Gasteiger partial charge in [-0.2, -0.15) is 5.10 Å². The maximum absolute atomic E-state index is 4.51. The number of nitrogens with one attached hydrogen (secondary N) is 1. The second kappa shape index (κ2) is 6.37. The smallest absolute Gasteiger partial charge is 0.194 e. The SMILES string of the molecule is CC(NCc1cnc2sc(Br)cn12)c1cnn(CC2CCC2)c1. The van der Waals surface area contributed by atoms with Crippen LogP contribution in [-0.4, -0.2) is 19.2 Å². The first kappa shape index (κ1) is 15.4. The molecule has 0 amide bonds. The van der Waals surface area contributed by atoms with Gasteiger partial charge in [-0.05, 0) is 41.6 Å². The zero-order chi connectivity index (χ0) is 15.8. The Hall–Kier alpha value is -1.18. The maximum atomic E-state index is 4.51. The predicted octanol–water partition coefficient (Wildman–Crippen LogP) is 4.01. The van der Waals surface area contributed by atoms with E-state index in [4.69, 9.17) is 0 Å². The Labute approximate surface area is 147 Å². The van der Waals surface area contributed by atoms with Crippen LogP contribution in [-0.2, 0) is 13.1 Å². The lowest BCUT2D eigenvalue weighted by molar-refractivity contribution is 0.266. The molecule has 1 fully saturated rings. The molecule has 7 heteroatoms. The van der Waals surface area contributed by atoms with Crippen LogP contribution in [0.5, 0.6) is 0 Å². The highest BCUT2D eigenvalue weighted by molar-refractivity contribution is 9.11. The van der Waals surface area contributed by atoms with Gasteiger partial charge in [-0.15, -0.1) is 0 Å². The van der Waals surface area contributed by atoms with Crippen LogP contribution in [0.15, 0.2) is 28.6 Å². The van der Waals surface area contributed by atoms with Gasteiger partial charge >= 0.3 is 0 Å². The molecule has 4 rings (SSSR count). The molecule has 1 N–H and O–H groups in total. The van der Waals surface area contributed by atoms with Crippen LogP contribution in [0.25, 0.3) is 4.96 Å². The number of aromatic nitrogens is 4. The van der Waals surface area contributed by atoms with E-state index in [1.807, 2.05) is 12.4 Å². The molecule has 1 unspecified atom stereocenters. The first-order chi connectivity index (χ1) is 11.2. The number of hydrogen-bond donors (Lipinski definition) is 1.